The second-order valence-electron chi connectivity index (χ2n) is 4.99. The van der Waals surface area contributed by atoms with Crippen LogP contribution in [0, 0.1) is 20.8 Å². The maximum absolute atomic E-state index is 12.1. The lowest BCUT2D eigenvalue weighted by molar-refractivity contribution is 1.06. The zero-order chi connectivity index (χ0) is 14.4. The SMILES string of the molecule is Cc1cc(C)c(-c2cc(=O)n3c(N)n[nH]c3n2)c(C)c1. The Labute approximate surface area is 115 Å². The van der Waals surface area contributed by atoms with Crippen LogP contribution in [0.25, 0.3) is 17.0 Å². The Morgan fingerprint density at radius 3 is 2.45 bits per heavy atom. The Hall–Kier alpha value is -2.63. The van der Waals surface area contributed by atoms with Gasteiger partial charge in [-0.3, -0.25) is 4.79 Å². The van der Waals surface area contributed by atoms with Gasteiger partial charge in [-0.15, -0.1) is 5.10 Å². The quantitative estimate of drug-likeness (QED) is 0.702. The highest BCUT2D eigenvalue weighted by molar-refractivity contribution is 5.69. The van der Waals surface area contributed by atoms with Gasteiger partial charge in [0.1, 0.15) is 0 Å². The molecule has 0 saturated heterocycles. The molecule has 0 bridgehead atoms. The minimum atomic E-state index is -0.240. The van der Waals surface area contributed by atoms with Crippen LogP contribution in [0.15, 0.2) is 23.0 Å². The molecule has 102 valence electrons. The molecule has 0 aliphatic carbocycles. The zero-order valence-electron chi connectivity index (χ0n) is 11.6. The summed E-state index contributed by atoms with van der Waals surface area (Å²) >= 11 is 0. The van der Waals surface area contributed by atoms with Crippen molar-refractivity contribution in [2.75, 3.05) is 5.73 Å². The molecule has 0 unspecified atom stereocenters. The van der Waals surface area contributed by atoms with E-state index in [0.717, 1.165) is 16.7 Å². The van der Waals surface area contributed by atoms with Gasteiger partial charge >= 0.3 is 0 Å². The van der Waals surface area contributed by atoms with E-state index in [2.05, 4.69) is 27.3 Å². The van der Waals surface area contributed by atoms with Crippen molar-refractivity contribution in [1.82, 2.24) is 19.6 Å². The number of aryl methyl sites for hydroxylation is 3. The number of rotatable bonds is 1. The highest BCUT2D eigenvalue weighted by Crippen LogP contribution is 2.26. The first-order valence-corrected chi connectivity index (χ1v) is 6.29. The van der Waals surface area contributed by atoms with E-state index in [0.29, 0.717) is 11.5 Å². The van der Waals surface area contributed by atoms with Crippen molar-refractivity contribution in [3.63, 3.8) is 0 Å². The summed E-state index contributed by atoms with van der Waals surface area (Å²) in [5.74, 6) is 0.464. The molecule has 0 radical (unpaired) electrons. The zero-order valence-corrected chi connectivity index (χ0v) is 11.6. The number of nitrogen functional groups attached to an aromatic ring is 1. The number of aromatic nitrogens is 4. The average molecular weight is 269 g/mol. The number of nitrogens with one attached hydrogen (secondary N) is 1. The molecule has 6 heteroatoms. The fourth-order valence-corrected chi connectivity index (χ4v) is 2.65. The first-order chi connectivity index (χ1) is 9.47. The third-order valence-electron chi connectivity index (χ3n) is 3.35. The molecule has 2 aromatic heterocycles. The van der Waals surface area contributed by atoms with Gasteiger partial charge in [0.2, 0.25) is 11.7 Å². The van der Waals surface area contributed by atoms with E-state index in [1.54, 1.807) is 0 Å². The van der Waals surface area contributed by atoms with Crippen LogP contribution < -0.4 is 11.3 Å². The number of hydrogen-bond acceptors (Lipinski definition) is 4. The van der Waals surface area contributed by atoms with Gasteiger partial charge in [-0.05, 0) is 31.9 Å². The topological polar surface area (TPSA) is 89.1 Å². The van der Waals surface area contributed by atoms with E-state index in [1.807, 2.05) is 20.8 Å². The van der Waals surface area contributed by atoms with E-state index < -0.39 is 0 Å². The van der Waals surface area contributed by atoms with Crippen LogP contribution in [0.2, 0.25) is 0 Å². The second-order valence-corrected chi connectivity index (χ2v) is 4.99. The van der Waals surface area contributed by atoms with E-state index in [1.165, 1.54) is 16.0 Å². The average Bonchev–Trinajstić information content (AvgIpc) is 2.70. The number of aromatic amines is 1. The van der Waals surface area contributed by atoms with Crippen LogP contribution in [-0.2, 0) is 0 Å². The summed E-state index contributed by atoms with van der Waals surface area (Å²) in [5.41, 5.74) is 10.4. The lowest BCUT2D eigenvalue weighted by atomic mass is 9.97. The molecule has 2 heterocycles. The van der Waals surface area contributed by atoms with Crippen LogP contribution in [0.5, 0.6) is 0 Å². The molecule has 3 N–H and O–H groups in total. The fourth-order valence-electron chi connectivity index (χ4n) is 2.65. The summed E-state index contributed by atoms with van der Waals surface area (Å²) in [4.78, 5) is 16.6. The molecule has 0 fully saturated rings. The highest BCUT2D eigenvalue weighted by atomic mass is 16.1. The van der Waals surface area contributed by atoms with Gasteiger partial charge in [0, 0.05) is 11.6 Å². The third-order valence-corrected chi connectivity index (χ3v) is 3.35. The molecule has 3 aromatic rings. The Kier molecular flexibility index (Phi) is 2.60. The van der Waals surface area contributed by atoms with Crippen LogP contribution in [0.4, 0.5) is 5.95 Å². The minimum Gasteiger partial charge on any atom is -0.368 e. The third kappa shape index (κ3) is 1.77. The van der Waals surface area contributed by atoms with E-state index >= 15 is 0 Å². The Balaban J connectivity index is 2.33. The predicted molar refractivity (Wildman–Crippen MR) is 77.7 cm³/mol. The number of nitrogens with two attached hydrogens (primary N) is 1. The molecule has 0 amide bonds. The molecular weight excluding hydrogens is 254 g/mol. The normalized spacial score (nSPS) is 11.2. The van der Waals surface area contributed by atoms with Gasteiger partial charge in [0.15, 0.2) is 0 Å². The summed E-state index contributed by atoms with van der Waals surface area (Å²) in [6.07, 6.45) is 0. The summed E-state index contributed by atoms with van der Waals surface area (Å²) in [5, 5.41) is 6.47. The summed E-state index contributed by atoms with van der Waals surface area (Å²) in [6.45, 7) is 6.07. The van der Waals surface area contributed by atoms with Crippen molar-refractivity contribution in [2.45, 2.75) is 20.8 Å². The van der Waals surface area contributed by atoms with Crippen molar-refractivity contribution in [1.29, 1.82) is 0 Å². The summed E-state index contributed by atoms with van der Waals surface area (Å²) < 4.78 is 1.25. The molecule has 0 aliphatic rings. The van der Waals surface area contributed by atoms with Crippen molar-refractivity contribution >= 4 is 11.7 Å². The number of anilines is 1. The molecular formula is C14H15N5O. The van der Waals surface area contributed by atoms with Gasteiger partial charge in [-0.2, -0.15) is 0 Å². The summed E-state index contributed by atoms with van der Waals surface area (Å²) in [6, 6.07) is 5.64. The summed E-state index contributed by atoms with van der Waals surface area (Å²) in [7, 11) is 0. The van der Waals surface area contributed by atoms with E-state index in [-0.39, 0.29) is 11.5 Å². The molecule has 0 spiro atoms. The molecule has 3 rings (SSSR count). The monoisotopic (exact) mass is 269 g/mol. The lowest BCUT2D eigenvalue weighted by Gasteiger charge is -2.10. The smallest absolute Gasteiger partial charge is 0.262 e. The van der Waals surface area contributed by atoms with Gasteiger partial charge in [-0.1, -0.05) is 17.7 Å². The maximum atomic E-state index is 12.1. The van der Waals surface area contributed by atoms with Crippen molar-refractivity contribution in [3.05, 3.63) is 45.2 Å². The number of nitrogens with zero attached hydrogens (tertiary/aromatic N) is 3. The van der Waals surface area contributed by atoms with Crippen LogP contribution >= 0.6 is 0 Å². The second kappa shape index (κ2) is 4.19. The van der Waals surface area contributed by atoms with Crippen molar-refractivity contribution in [2.24, 2.45) is 0 Å². The largest absolute Gasteiger partial charge is 0.368 e. The Bertz CT molecular complexity index is 852. The van der Waals surface area contributed by atoms with Crippen molar-refractivity contribution < 1.29 is 0 Å². The van der Waals surface area contributed by atoms with E-state index in [4.69, 9.17) is 5.73 Å². The molecule has 20 heavy (non-hydrogen) atoms. The number of fused-ring (bicyclic) bond motifs is 1. The highest BCUT2D eigenvalue weighted by Gasteiger charge is 2.12. The first kappa shape index (κ1) is 12.4. The standard InChI is InChI=1S/C14H15N5O/c1-7-4-8(2)12(9(3)5-7)10-6-11(20)19-13(15)17-18-14(19)16-10/h4-6H,1-3H3,(H2,15,17)(H,16,18). The molecule has 0 atom stereocenters. The van der Waals surface area contributed by atoms with Gasteiger partial charge < -0.3 is 5.73 Å². The van der Waals surface area contributed by atoms with Crippen molar-refractivity contribution in [3.8, 4) is 11.3 Å². The van der Waals surface area contributed by atoms with E-state index in [9.17, 15) is 4.79 Å². The maximum Gasteiger partial charge on any atom is 0.262 e. The Morgan fingerprint density at radius 1 is 1.15 bits per heavy atom. The minimum absolute atomic E-state index is 0.112. The predicted octanol–water partition coefficient (Wildman–Crippen LogP) is 1.59. The molecule has 0 saturated carbocycles. The lowest BCUT2D eigenvalue weighted by Crippen LogP contribution is -2.15. The molecule has 0 aliphatic heterocycles. The number of hydrogen-bond donors (Lipinski definition) is 2. The molecule has 6 nitrogen and oxygen atoms in total. The fraction of sp³-hybridized carbons (Fsp3) is 0.214. The van der Waals surface area contributed by atoms with Gasteiger partial charge in [0.25, 0.3) is 5.56 Å². The van der Waals surface area contributed by atoms with Crippen LogP contribution in [0.3, 0.4) is 0 Å². The first-order valence-electron chi connectivity index (χ1n) is 6.29. The van der Waals surface area contributed by atoms with Crippen LogP contribution in [-0.4, -0.2) is 19.6 Å². The van der Waals surface area contributed by atoms with Crippen LogP contribution in [0.1, 0.15) is 16.7 Å². The number of benzene rings is 1. The Morgan fingerprint density at radius 2 is 1.80 bits per heavy atom. The molecule has 1 aromatic carbocycles. The number of H-pyrrole nitrogens is 1. The van der Waals surface area contributed by atoms with Gasteiger partial charge in [0.05, 0.1) is 5.69 Å². The van der Waals surface area contributed by atoms with Gasteiger partial charge in [-0.25, -0.2) is 14.5 Å².